The third-order valence-electron chi connectivity index (χ3n) is 2.56. The Balaban J connectivity index is 4.50. The van der Waals surface area contributed by atoms with Crippen LogP contribution in [0.2, 0.25) is 0 Å². The summed E-state index contributed by atoms with van der Waals surface area (Å²) in [6.45, 7) is 8.13. The Morgan fingerprint density at radius 1 is 1.00 bits per heavy atom. The van der Waals surface area contributed by atoms with E-state index in [1.165, 1.54) is 11.8 Å². The highest BCUT2D eigenvalue weighted by atomic mass is 32.2. The van der Waals surface area contributed by atoms with Crippen LogP contribution in [0, 0.1) is 0 Å². The molecule has 0 unspecified atom stereocenters. The molecule has 0 bridgehead atoms. The molecule has 0 aromatic carbocycles. The third-order valence-corrected chi connectivity index (χ3v) is 4.24. The predicted molar refractivity (Wildman–Crippen MR) is 69.0 cm³/mol. The van der Waals surface area contributed by atoms with E-state index in [2.05, 4.69) is 0 Å². The molecule has 0 aliphatic carbocycles. The van der Waals surface area contributed by atoms with Gasteiger partial charge in [0.05, 0.1) is 19.0 Å². The maximum Gasteiger partial charge on any atom is 0.322 e. The molecule has 0 aliphatic heterocycles. The lowest BCUT2D eigenvalue weighted by molar-refractivity contribution is -0.146. The Kier molecular flexibility index (Phi) is 8.04. The van der Waals surface area contributed by atoms with E-state index in [1.54, 1.807) is 13.8 Å². The minimum absolute atomic E-state index is 0.189. The van der Waals surface area contributed by atoms with E-state index < -0.39 is 4.75 Å². The van der Waals surface area contributed by atoms with Crippen molar-refractivity contribution in [2.24, 2.45) is 0 Å². The van der Waals surface area contributed by atoms with Crippen molar-refractivity contribution in [1.82, 2.24) is 0 Å². The molecule has 17 heavy (non-hydrogen) atoms. The molecule has 0 aliphatic rings. The van der Waals surface area contributed by atoms with Crippen LogP contribution in [-0.2, 0) is 19.1 Å². The zero-order chi connectivity index (χ0) is 13.3. The van der Waals surface area contributed by atoms with E-state index in [1.807, 2.05) is 13.8 Å². The fourth-order valence-electron chi connectivity index (χ4n) is 1.46. The highest BCUT2D eigenvalue weighted by Gasteiger charge is 2.37. The molecule has 0 N–H and O–H groups in total. The molecule has 4 nitrogen and oxygen atoms in total. The lowest BCUT2D eigenvalue weighted by Gasteiger charge is -2.27. The lowest BCUT2D eigenvalue weighted by Crippen LogP contribution is -2.37. The Morgan fingerprint density at radius 3 is 1.94 bits per heavy atom. The molecular weight excluding hydrogens is 240 g/mol. The number of esters is 2. The average molecular weight is 262 g/mol. The van der Waals surface area contributed by atoms with Gasteiger partial charge in [0.15, 0.2) is 0 Å². The van der Waals surface area contributed by atoms with Gasteiger partial charge in [0.2, 0.25) is 0 Å². The van der Waals surface area contributed by atoms with Crippen molar-refractivity contribution in [2.45, 2.75) is 45.3 Å². The quantitative estimate of drug-likeness (QED) is 0.629. The molecule has 0 saturated heterocycles. The zero-order valence-corrected chi connectivity index (χ0v) is 11.9. The smallest absolute Gasteiger partial charge is 0.322 e. The van der Waals surface area contributed by atoms with Crippen molar-refractivity contribution in [1.29, 1.82) is 0 Å². The predicted octanol–water partition coefficient (Wildman–Crippen LogP) is 2.40. The maximum atomic E-state index is 11.9. The summed E-state index contributed by atoms with van der Waals surface area (Å²) in [5.74, 6) is -0.332. The lowest BCUT2D eigenvalue weighted by atomic mass is 10.0. The first-order valence-electron chi connectivity index (χ1n) is 6.03. The molecule has 0 aromatic heterocycles. The van der Waals surface area contributed by atoms with Gasteiger partial charge >= 0.3 is 11.9 Å². The SMILES string of the molecule is CCOC(=O)CSC(CC)(CC)C(=O)OCC. The van der Waals surface area contributed by atoms with Gasteiger partial charge in [-0.05, 0) is 26.7 Å². The fraction of sp³-hybridized carbons (Fsp3) is 0.833. The number of carbonyl (C=O) groups is 2. The average Bonchev–Trinajstić information content (AvgIpc) is 2.32. The summed E-state index contributed by atoms with van der Waals surface area (Å²) in [4.78, 5) is 23.2. The van der Waals surface area contributed by atoms with E-state index in [0.717, 1.165) is 0 Å². The number of hydrogen-bond acceptors (Lipinski definition) is 5. The first-order chi connectivity index (χ1) is 8.06. The second-order valence-electron chi connectivity index (χ2n) is 3.52. The van der Waals surface area contributed by atoms with E-state index in [4.69, 9.17) is 9.47 Å². The number of thioether (sulfide) groups is 1. The topological polar surface area (TPSA) is 52.6 Å². The first-order valence-corrected chi connectivity index (χ1v) is 7.01. The van der Waals surface area contributed by atoms with Gasteiger partial charge in [0, 0.05) is 0 Å². The second-order valence-corrected chi connectivity index (χ2v) is 4.87. The number of hydrogen-bond donors (Lipinski definition) is 0. The van der Waals surface area contributed by atoms with Gasteiger partial charge in [-0.1, -0.05) is 13.8 Å². The molecule has 0 rings (SSSR count). The van der Waals surface area contributed by atoms with E-state index in [9.17, 15) is 9.59 Å². The molecule has 0 saturated carbocycles. The Labute approximate surface area is 107 Å². The molecular formula is C12H22O4S. The fourth-order valence-corrected chi connectivity index (χ4v) is 2.53. The largest absolute Gasteiger partial charge is 0.465 e. The summed E-state index contributed by atoms with van der Waals surface area (Å²) in [7, 11) is 0. The van der Waals surface area contributed by atoms with Crippen LogP contribution in [0.4, 0.5) is 0 Å². The van der Waals surface area contributed by atoms with Crippen LogP contribution >= 0.6 is 11.8 Å². The molecule has 0 atom stereocenters. The van der Waals surface area contributed by atoms with Gasteiger partial charge < -0.3 is 9.47 Å². The summed E-state index contributed by atoms with van der Waals surface area (Å²) < 4.78 is 9.30. The van der Waals surface area contributed by atoms with Gasteiger partial charge in [-0.25, -0.2) is 0 Å². The van der Waals surface area contributed by atoms with E-state index in [-0.39, 0.29) is 17.7 Å². The minimum Gasteiger partial charge on any atom is -0.465 e. The molecule has 0 radical (unpaired) electrons. The van der Waals surface area contributed by atoms with Crippen LogP contribution in [0.3, 0.4) is 0 Å². The summed E-state index contributed by atoms with van der Waals surface area (Å²) >= 11 is 1.32. The normalized spacial score (nSPS) is 11.1. The van der Waals surface area contributed by atoms with Crippen LogP contribution in [-0.4, -0.2) is 35.7 Å². The van der Waals surface area contributed by atoms with Gasteiger partial charge in [0.25, 0.3) is 0 Å². The molecule has 5 heteroatoms. The number of carbonyl (C=O) groups excluding carboxylic acids is 2. The first kappa shape index (κ1) is 16.3. The van der Waals surface area contributed by atoms with Crippen molar-refractivity contribution in [2.75, 3.05) is 19.0 Å². The Morgan fingerprint density at radius 2 is 1.53 bits per heavy atom. The molecule has 0 heterocycles. The summed E-state index contributed by atoms with van der Waals surface area (Å²) in [5, 5.41) is 0. The maximum absolute atomic E-state index is 11.9. The standard InChI is InChI=1S/C12H22O4S/c1-5-12(6-2,11(14)16-8-4)17-9-10(13)15-7-3/h5-9H2,1-4H3. The van der Waals surface area contributed by atoms with Gasteiger partial charge in [-0.2, -0.15) is 0 Å². The molecule has 0 fully saturated rings. The number of ether oxygens (including phenoxy) is 2. The van der Waals surface area contributed by atoms with Crippen molar-refractivity contribution < 1.29 is 19.1 Å². The summed E-state index contributed by atoms with van der Waals surface area (Å²) in [6.07, 6.45) is 1.29. The van der Waals surface area contributed by atoms with E-state index >= 15 is 0 Å². The monoisotopic (exact) mass is 262 g/mol. The van der Waals surface area contributed by atoms with Crippen LogP contribution in [0.15, 0.2) is 0 Å². The van der Waals surface area contributed by atoms with Crippen molar-refractivity contribution in [3.8, 4) is 0 Å². The summed E-state index contributed by atoms with van der Waals surface area (Å²) in [5.41, 5.74) is 0. The molecule has 0 spiro atoms. The van der Waals surface area contributed by atoms with Crippen molar-refractivity contribution in [3.63, 3.8) is 0 Å². The minimum atomic E-state index is -0.622. The highest BCUT2D eigenvalue weighted by molar-refractivity contribution is 8.02. The van der Waals surface area contributed by atoms with Crippen molar-refractivity contribution >= 4 is 23.7 Å². The molecule has 100 valence electrons. The molecule has 0 aromatic rings. The number of rotatable bonds is 8. The van der Waals surface area contributed by atoms with E-state index in [0.29, 0.717) is 26.1 Å². The van der Waals surface area contributed by atoms with Gasteiger partial charge in [0.1, 0.15) is 4.75 Å². The van der Waals surface area contributed by atoms with Crippen LogP contribution < -0.4 is 0 Å². The van der Waals surface area contributed by atoms with Crippen LogP contribution in [0.25, 0.3) is 0 Å². The van der Waals surface area contributed by atoms with Gasteiger partial charge in [-0.3, -0.25) is 9.59 Å². The third kappa shape index (κ3) is 4.98. The highest BCUT2D eigenvalue weighted by Crippen LogP contribution is 2.34. The summed E-state index contributed by atoms with van der Waals surface area (Å²) in [6, 6.07) is 0. The van der Waals surface area contributed by atoms with Gasteiger partial charge in [-0.15, -0.1) is 11.8 Å². The molecule has 0 amide bonds. The van der Waals surface area contributed by atoms with Crippen LogP contribution in [0.1, 0.15) is 40.5 Å². The van der Waals surface area contributed by atoms with Crippen LogP contribution in [0.5, 0.6) is 0 Å². The Hall–Kier alpha value is -0.710. The van der Waals surface area contributed by atoms with Crippen molar-refractivity contribution in [3.05, 3.63) is 0 Å². The second kappa shape index (κ2) is 8.39. The Bertz CT molecular complexity index is 249. The zero-order valence-electron chi connectivity index (χ0n) is 11.1.